The van der Waals surface area contributed by atoms with Gasteiger partial charge in [-0.2, -0.15) is 0 Å². The normalized spacial score (nSPS) is 12.6. The average molecular weight is 485 g/mol. The first-order valence-corrected chi connectivity index (χ1v) is 11.8. The third-order valence-electron chi connectivity index (χ3n) is 6.11. The summed E-state index contributed by atoms with van der Waals surface area (Å²) in [6.45, 7) is 0.0667. The Balaban J connectivity index is 1.46. The van der Waals surface area contributed by atoms with Crippen LogP contribution in [0.3, 0.4) is 0 Å². The Kier molecular flexibility index (Phi) is 8.13. The van der Waals surface area contributed by atoms with Gasteiger partial charge in [-0.05, 0) is 35.6 Å². The van der Waals surface area contributed by atoms with E-state index in [4.69, 9.17) is 4.74 Å². The van der Waals surface area contributed by atoms with E-state index >= 15 is 0 Å². The zero-order chi connectivity index (χ0) is 25.3. The minimum atomic E-state index is -1.06. The molecule has 0 fully saturated rings. The van der Waals surface area contributed by atoms with Crippen molar-refractivity contribution in [3.8, 4) is 0 Å². The number of alkyl carbamates (subject to hydrolysis) is 1. The molecule has 36 heavy (non-hydrogen) atoms. The predicted molar refractivity (Wildman–Crippen MR) is 136 cm³/mol. The molecule has 7 nitrogen and oxygen atoms in total. The lowest BCUT2D eigenvalue weighted by Gasteiger charge is -2.20. The lowest BCUT2D eigenvalue weighted by atomic mass is 9.90. The molecule has 0 saturated carbocycles. The molecular weight excluding hydrogens is 456 g/mol. The van der Waals surface area contributed by atoms with Crippen LogP contribution < -0.4 is 5.32 Å². The minimum absolute atomic E-state index is 0.0667. The molecule has 1 heterocycles. The van der Waals surface area contributed by atoms with Gasteiger partial charge in [0.1, 0.15) is 6.61 Å². The summed E-state index contributed by atoms with van der Waals surface area (Å²) in [6, 6.07) is 25.2. The minimum Gasteiger partial charge on any atom is -0.481 e. The topological polar surface area (TPSA) is 108 Å². The summed E-state index contributed by atoms with van der Waals surface area (Å²) < 4.78 is 5.31. The molecular formula is C29H28N2O5. The number of hydrogen-bond acceptors (Lipinski definition) is 4. The molecule has 0 spiro atoms. The van der Waals surface area contributed by atoms with Crippen molar-refractivity contribution < 1.29 is 24.2 Å². The van der Waals surface area contributed by atoms with Crippen molar-refractivity contribution in [1.29, 1.82) is 0 Å². The molecule has 3 N–H and O–H groups in total. The highest BCUT2D eigenvalue weighted by atomic mass is 16.5. The summed E-state index contributed by atoms with van der Waals surface area (Å²) in [6.07, 6.45) is 1.27. The third kappa shape index (κ3) is 6.60. The number of rotatable bonds is 11. The second-order valence-electron chi connectivity index (χ2n) is 8.72. The number of Topliss-reactive ketones (excluding diaryl/α,β-unsaturated/α-hetero) is 1. The fraction of sp³-hybridized carbons (Fsp3) is 0.207. The average Bonchev–Trinajstić information content (AvgIpc) is 3.30. The Morgan fingerprint density at radius 1 is 0.833 bits per heavy atom. The van der Waals surface area contributed by atoms with Gasteiger partial charge in [0.15, 0.2) is 5.78 Å². The van der Waals surface area contributed by atoms with E-state index in [1.54, 1.807) is 6.20 Å². The van der Waals surface area contributed by atoms with E-state index in [1.807, 2.05) is 84.9 Å². The predicted octanol–water partition coefficient (Wildman–Crippen LogP) is 4.91. The number of aromatic amines is 1. The number of ketones is 1. The monoisotopic (exact) mass is 484 g/mol. The molecule has 4 rings (SSSR count). The van der Waals surface area contributed by atoms with Crippen LogP contribution in [-0.4, -0.2) is 34.0 Å². The first kappa shape index (κ1) is 24.7. The van der Waals surface area contributed by atoms with Gasteiger partial charge in [0.25, 0.3) is 0 Å². The number of benzene rings is 3. The van der Waals surface area contributed by atoms with E-state index in [-0.39, 0.29) is 31.7 Å². The lowest BCUT2D eigenvalue weighted by molar-refractivity contribution is -0.143. The Morgan fingerprint density at radius 3 is 2.17 bits per heavy atom. The van der Waals surface area contributed by atoms with Crippen LogP contribution in [0.15, 0.2) is 91.1 Å². The van der Waals surface area contributed by atoms with Gasteiger partial charge < -0.3 is 20.1 Å². The maximum Gasteiger partial charge on any atom is 0.408 e. The Morgan fingerprint density at radius 2 is 1.47 bits per heavy atom. The molecule has 0 radical (unpaired) electrons. The fourth-order valence-corrected chi connectivity index (χ4v) is 4.20. The van der Waals surface area contributed by atoms with Gasteiger partial charge in [-0.25, -0.2) is 4.79 Å². The van der Waals surface area contributed by atoms with Crippen LogP contribution in [0.4, 0.5) is 4.79 Å². The number of aliphatic carboxylic acids is 1. The van der Waals surface area contributed by atoms with Crippen molar-refractivity contribution in [3.05, 3.63) is 108 Å². The Labute approximate surface area is 209 Å². The molecule has 0 saturated heterocycles. The molecule has 7 heteroatoms. The van der Waals surface area contributed by atoms with Crippen LogP contribution in [0, 0.1) is 5.92 Å². The highest BCUT2D eigenvalue weighted by Crippen LogP contribution is 2.23. The molecule has 4 aromatic rings. The number of ether oxygens (including phenoxy) is 1. The molecule has 1 aromatic heterocycles. The number of fused-ring (bicyclic) bond motifs is 1. The molecule has 0 aliphatic rings. The van der Waals surface area contributed by atoms with E-state index < -0.39 is 24.0 Å². The van der Waals surface area contributed by atoms with Gasteiger partial charge in [-0.1, -0.05) is 78.9 Å². The first-order chi connectivity index (χ1) is 17.5. The van der Waals surface area contributed by atoms with Gasteiger partial charge >= 0.3 is 12.1 Å². The molecule has 0 aliphatic carbocycles. The van der Waals surface area contributed by atoms with Gasteiger partial charge in [-0.15, -0.1) is 0 Å². The summed E-state index contributed by atoms with van der Waals surface area (Å²) in [7, 11) is 0. The second-order valence-corrected chi connectivity index (χ2v) is 8.72. The number of nitrogens with one attached hydrogen (secondary N) is 2. The van der Waals surface area contributed by atoms with E-state index in [0.29, 0.717) is 0 Å². The SMILES string of the molecule is O=C(N[C@@H](Cc1ccccc1)C(=O)C[C@@H](Cc1c[nH]c2ccccc12)C(=O)O)OCc1ccccc1. The zero-order valence-corrected chi connectivity index (χ0v) is 19.7. The molecule has 184 valence electrons. The molecule has 3 aromatic carbocycles. The lowest BCUT2D eigenvalue weighted by Crippen LogP contribution is -2.43. The summed E-state index contributed by atoms with van der Waals surface area (Å²) >= 11 is 0. The first-order valence-electron chi connectivity index (χ1n) is 11.8. The van der Waals surface area contributed by atoms with E-state index in [2.05, 4.69) is 10.3 Å². The molecule has 0 unspecified atom stereocenters. The van der Waals surface area contributed by atoms with Gasteiger partial charge in [-0.3, -0.25) is 9.59 Å². The fourth-order valence-electron chi connectivity index (χ4n) is 4.20. The van der Waals surface area contributed by atoms with Crippen molar-refractivity contribution in [1.82, 2.24) is 10.3 Å². The maximum absolute atomic E-state index is 13.3. The van der Waals surface area contributed by atoms with Crippen LogP contribution in [-0.2, 0) is 33.8 Å². The summed E-state index contributed by atoms with van der Waals surface area (Å²) in [5.74, 6) is -2.35. The largest absolute Gasteiger partial charge is 0.481 e. The van der Waals surface area contributed by atoms with Gasteiger partial charge in [0, 0.05) is 23.5 Å². The van der Waals surface area contributed by atoms with Crippen LogP contribution in [0.2, 0.25) is 0 Å². The van der Waals surface area contributed by atoms with Crippen LogP contribution in [0.5, 0.6) is 0 Å². The smallest absolute Gasteiger partial charge is 0.408 e. The van der Waals surface area contributed by atoms with E-state index in [0.717, 1.165) is 27.6 Å². The van der Waals surface area contributed by atoms with Gasteiger partial charge in [0.2, 0.25) is 0 Å². The van der Waals surface area contributed by atoms with Crippen molar-refractivity contribution >= 4 is 28.7 Å². The molecule has 0 aliphatic heterocycles. The van der Waals surface area contributed by atoms with Gasteiger partial charge in [0.05, 0.1) is 12.0 Å². The number of carbonyl (C=O) groups is 3. The summed E-state index contributed by atoms with van der Waals surface area (Å²) in [5, 5.41) is 13.5. The number of aromatic nitrogens is 1. The van der Waals surface area contributed by atoms with Crippen molar-refractivity contribution in [2.75, 3.05) is 0 Å². The summed E-state index contributed by atoms with van der Waals surface area (Å²) in [5.41, 5.74) is 3.42. The number of hydrogen-bond donors (Lipinski definition) is 3. The quantitative estimate of drug-likeness (QED) is 0.280. The number of H-pyrrole nitrogens is 1. The Bertz CT molecular complexity index is 1320. The maximum atomic E-state index is 13.3. The highest BCUT2D eigenvalue weighted by molar-refractivity contribution is 5.91. The second kappa shape index (κ2) is 11.8. The van der Waals surface area contributed by atoms with Crippen LogP contribution >= 0.6 is 0 Å². The van der Waals surface area contributed by atoms with E-state index in [9.17, 15) is 19.5 Å². The van der Waals surface area contributed by atoms with E-state index in [1.165, 1.54) is 0 Å². The number of carboxylic acid groups (broad SMARTS) is 1. The number of carbonyl (C=O) groups excluding carboxylic acids is 2. The molecule has 0 bridgehead atoms. The standard InChI is InChI=1S/C29H28N2O5/c32-27(17-22(28(33)34)16-23-18-30-25-14-8-7-13-24(23)25)26(15-20-9-3-1-4-10-20)31-29(35)36-19-21-11-5-2-6-12-21/h1-14,18,22,26,30H,15-17,19H2,(H,31,35)(H,33,34)/t22-,26+/m1/s1. The Hall–Kier alpha value is -4.39. The number of amides is 1. The van der Waals surface area contributed by atoms with Crippen molar-refractivity contribution in [3.63, 3.8) is 0 Å². The zero-order valence-electron chi connectivity index (χ0n) is 19.7. The number of carboxylic acids is 1. The van der Waals surface area contributed by atoms with Crippen LogP contribution in [0.25, 0.3) is 10.9 Å². The summed E-state index contributed by atoms with van der Waals surface area (Å²) in [4.78, 5) is 41.1. The third-order valence-corrected chi connectivity index (χ3v) is 6.11. The highest BCUT2D eigenvalue weighted by Gasteiger charge is 2.29. The van der Waals surface area contributed by atoms with Crippen molar-refractivity contribution in [2.24, 2.45) is 5.92 Å². The number of para-hydroxylation sites is 1. The molecule has 1 amide bonds. The molecule has 2 atom stereocenters. The van der Waals surface area contributed by atoms with Crippen LogP contribution in [0.1, 0.15) is 23.1 Å². The van der Waals surface area contributed by atoms with Crippen molar-refractivity contribution in [2.45, 2.75) is 31.9 Å².